The maximum atomic E-state index is 12.1. The molecule has 3 N–H and O–H groups in total. The zero-order valence-electron chi connectivity index (χ0n) is 17.8. The van der Waals surface area contributed by atoms with Gasteiger partial charge < -0.3 is 10.6 Å². The van der Waals surface area contributed by atoms with E-state index in [1.165, 1.54) is 12.7 Å². The first-order chi connectivity index (χ1) is 13.6. The number of aryl methyl sites for hydroxylation is 1. The molecule has 0 unspecified atom stereocenters. The normalized spacial score (nSPS) is 15.2. The second-order valence-corrected chi connectivity index (χ2v) is 11.4. The summed E-state index contributed by atoms with van der Waals surface area (Å²) in [6.45, 7) is 5.46. The summed E-state index contributed by atoms with van der Waals surface area (Å²) in [5, 5.41) is 6.12. The summed E-state index contributed by atoms with van der Waals surface area (Å²) in [6, 6.07) is 5.14. The van der Waals surface area contributed by atoms with E-state index < -0.39 is 19.9 Å². The van der Waals surface area contributed by atoms with Gasteiger partial charge in [-0.2, -0.15) is 0 Å². The van der Waals surface area contributed by atoms with E-state index in [2.05, 4.69) is 20.3 Å². The molecule has 8 nitrogen and oxygen atoms in total. The third-order valence-electron chi connectivity index (χ3n) is 4.88. The van der Waals surface area contributed by atoms with E-state index in [0.29, 0.717) is 42.0 Å². The van der Waals surface area contributed by atoms with Crippen LogP contribution >= 0.6 is 24.0 Å². The largest absolute Gasteiger partial charge is 0.357 e. The van der Waals surface area contributed by atoms with Gasteiger partial charge in [0.25, 0.3) is 0 Å². The van der Waals surface area contributed by atoms with E-state index in [9.17, 15) is 16.8 Å². The molecule has 1 aliphatic rings. The number of sulfone groups is 1. The summed E-state index contributed by atoms with van der Waals surface area (Å²) in [4.78, 5) is 4.78. The van der Waals surface area contributed by atoms with Gasteiger partial charge in [-0.05, 0) is 49.8 Å². The maximum absolute atomic E-state index is 12.1. The minimum atomic E-state index is -3.31. The second kappa shape index (κ2) is 12.2. The van der Waals surface area contributed by atoms with Gasteiger partial charge in [0.05, 0.1) is 17.2 Å². The minimum absolute atomic E-state index is 0. The third-order valence-corrected chi connectivity index (χ3v) is 7.49. The Morgan fingerprint density at radius 2 is 1.87 bits per heavy atom. The van der Waals surface area contributed by atoms with Gasteiger partial charge >= 0.3 is 0 Å². The summed E-state index contributed by atoms with van der Waals surface area (Å²) in [7, 11) is -6.56. The predicted octanol–water partition coefficient (Wildman–Crippen LogP) is 1.79. The lowest BCUT2D eigenvalue weighted by Crippen LogP contribution is -2.42. The molecule has 0 aromatic heterocycles. The summed E-state index contributed by atoms with van der Waals surface area (Å²) >= 11 is 0. The van der Waals surface area contributed by atoms with Crippen LogP contribution in [0.25, 0.3) is 0 Å². The fourth-order valence-corrected chi connectivity index (χ4v) is 5.02. The van der Waals surface area contributed by atoms with E-state index >= 15 is 0 Å². The summed E-state index contributed by atoms with van der Waals surface area (Å²) in [6.07, 6.45) is 4.58. The molecular weight excluding hydrogens is 539 g/mol. The van der Waals surface area contributed by atoms with Crippen molar-refractivity contribution in [3.05, 3.63) is 29.3 Å². The number of hydrogen-bond donors (Lipinski definition) is 3. The van der Waals surface area contributed by atoms with Crippen molar-refractivity contribution in [3.8, 4) is 0 Å². The summed E-state index contributed by atoms with van der Waals surface area (Å²) < 4.78 is 50.3. The van der Waals surface area contributed by atoms with Gasteiger partial charge in [0.2, 0.25) is 10.0 Å². The maximum Gasteiger partial charge on any atom is 0.213 e. The topological polar surface area (TPSA) is 117 Å². The van der Waals surface area contributed by atoms with Crippen LogP contribution in [0.4, 0.5) is 0 Å². The lowest BCUT2D eigenvalue weighted by molar-refractivity contribution is 0.316. The van der Waals surface area contributed by atoms with Gasteiger partial charge in [-0.1, -0.05) is 18.6 Å². The van der Waals surface area contributed by atoms with Gasteiger partial charge in [-0.3, -0.25) is 0 Å². The molecule has 2 rings (SSSR count). The van der Waals surface area contributed by atoms with Gasteiger partial charge in [-0.25, -0.2) is 26.6 Å². The lowest BCUT2D eigenvalue weighted by atomic mass is 9.86. The summed E-state index contributed by atoms with van der Waals surface area (Å²) in [5.74, 6) is 0.979. The van der Waals surface area contributed by atoms with Crippen molar-refractivity contribution in [2.75, 3.05) is 31.6 Å². The van der Waals surface area contributed by atoms with Crippen LogP contribution in [0.1, 0.15) is 37.3 Å². The Labute approximate surface area is 197 Å². The first-order valence-electron chi connectivity index (χ1n) is 9.90. The number of halogens is 1. The minimum Gasteiger partial charge on any atom is -0.357 e. The van der Waals surface area contributed by atoms with Crippen molar-refractivity contribution in [1.29, 1.82) is 0 Å². The number of hydrogen-bond acceptors (Lipinski definition) is 5. The number of sulfonamides is 1. The molecule has 1 saturated carbocycles. The van der Waals surface area contributed by atoms with Gasteiger partial charge in [0, 0.05) is 25.9 Å². The Morgan fingerprint density at radius 1 is 1.17 bits per heavy atom. The fraction of sp³-hybridized carbons (Fsp3) is 0.632. The van der Waals surface area contributed by atoms with Crippen LogP contribution in [0.2, 0.25) is 0 Å². The number of rotatable bonds is 10. The average Bonchev–Trinajstić information content (AvgIpc) is 2.57. The van der Waals surface area contributed by atoms with Crippen molar-refractivity contribution < 1.29 is 16.8 Å². The van der Waals surface area contributed by atoms with Crippen molar-refractivity contribution in [1.82, 2.24) is 15.4 Å². The molecule has 0 amide bonds. The molecule has 11 heteroatoms. The Hall–Kier alpha value is -0.920. The monoisotopic (exact) mass is 572 g/mol. The van der Waals surface area contributed by atoms with E-state index in [0.717, 1.165) is 18.4 Å². The zero-order chi connectivity index (χ0) is 21.5. The van der Waals surface area contributed by atoms with Gasteiger partial charge in [0.15, 0.2) is 15.8 Å². The van der Waals surface area contributed by atoms with E-state index in [1.54, 1.807) is 25.1 Å². The molecule has 1 aliphatic carbocycles. The zero-order valence-corrected chi connectivity index (χ0v) is 21.7. The average molecular weight is 573 g/mol. The second-order valence-electron chi connectivity index (χ2n) is 7.46. The Kier molecular flexibility index (Phi) is 11.0. The fourth-order valence-electron chi connectivity index (χ4n) is 3.06. The molecule has 0 atom stereocenters. The number of aliphatic imine (C=N–C) groups is 1. The van der Waals surface area contributed by atoms with Crippen LogP contribution < -0.4 is 15.4 Å². The molecule has 0 spiro atoms. The number of guanidine groups is 1. The number of nitrogens with zero attached hydrogens (tertiary/aromatic N) is 1. The van der Waals surface area contributed by atoms with Crippen LogP contribution in [0, 0.1) is 12.8 Å². The third kappa shape index (κ3) is 9.06. The predicted molar refractivity (Wildman–Crippen MR) is 132 cm³/mol. The molecule has 0 saturated heterocycles. The SMILES string of the molecule is CCNC(=NCc1ccc(S(C)(=O)=O)c(C)c1)NCCS(=O)(=O)NCC1CCC1.I. The molecule has 1 aromatic carbocycles. The highest BCUT2D eigenvalue weighted by molar-refractivity contribution is 14.0. The molecule has 0 heterocycles. The van der Waals surface area contributed by atoms with Crippen molar-refractivity contribution >= 4 is 49.8 Å². The molecular formula is C19H33IN4O4S2. The molecule has 1 fully saturated rings. The number of nitrogens with one attached hydrogen (secondary N) is 3. The lowest BCUT2D eigenvalue weighted by Gasteiger charge is -2.25. The smallest absolute Gasteiger partial charge is 0.213 e. The van der Waals surface area contributed by atoms with Gasteiger partial charge in [-0.15, -0.1) is 24.0 Å². The first-order valence-corrected chi connectivity index (χ1v) is 13.4. The summed E-state index contributed by atoms with van der Waals surface area (Å²) in [5.41, 5.74) is 1.56. The molecule has 0 aliphatic heterocycles. The van der Waals surface area contributed by atoms with E-state index in [1.807, 2.05) is 6.92 Å². The van der Waals surface area contributed by atoms with E-state index in [4.69, 9.17) is 0 Å². The quantitative estimate of drug-likeness (QED) is 0.224. The standard InChI is InChI=1S/C19H32N4O4S2.HI/c1-4-20-19(21-10-11-29(26,27)23-14-16-6-5-7-16)22-13-17-8-9-18(15(2)12-17)28(3,24)25;/h8-9,12,16,23H,4-7,10-11,13-14H2,1-3H3,(H2,20,21,22);1H. The molecule has 30 heavy (non-hydrogen) atoms. The van der Waals surface area contributed by atoms with Crippen LogP contribution in [-0.2, 0) is 26.4 Å². The highest BCUT2D eigenvalue weighted by atomic mass is 127. The first kappa shape index (κ1) is 27.1. The Balaban J connectivity index is 0.00000450. The molecule has 172 valence electrons. The van der Waals surface area contributed by atoms with Crippen LogP contribution in [-0.4, -0.2) is 54.4 Å². The van der Waals surface area contributed by atoms with E-state index in [-0.39, 0.29) is 36.3 Å². The van der Waals surface area contributed by atoms with Crippen LogP contribution in [0.3, 0.4) is 0 Å². The Morgan fingerprint density at radius 3 is 2.40 bits per heavy atom. The van der Waals surface area contributed by atoms with Crippen molar-refractivity contribution in [2.45, 2.75) is 44.6 Å². The molecule has 0 radical (unpaired) electrons. The Bertz CT molecular complexity index is 930. The molecule has 1 aromatic rings. The van der Waals surface area contributed by atoms with Crippen LogP contribution in [0.15, 0.2) is 28.1 Å². The van der Waals surface area contributed by atoms with Crippen LogP contribution in [0.5, 0.6) is 0 Å². The molecule has 0 bridgehead atoms. The van der Waals surface area contributed by atoms with Crippen molar-refractivity contribution in [3.63, 3.8) is 0 Å². The van der Waals surface area contributed by atoms with Crippen molar-refractivity contribution in [2.24, 2.45) is 10.9 Å². The number of benzene rings is 1. The van der Waals surface area contributed by atoms with Gasteiger partial charge in [0.1, 0.15) is 0 Å². The highest BCUT2D eigenvalue weighted by Crippen LogP contribution is 2.25. The highest BCUT2D eigenvalue weighted by Gasteiger charge is 2.20.